The second-order valence-corrected chi connectivity index (χ2v) is 9.13. The number of aromatic nitrogens is 3. The third kappa shape index (κ3) is 8.81. The number of hydrogen-bond acceptors (Lipinski definition) is 12. The van der Waals surface area contributed by atoms with Crippen LogP contribution in [0.2, 0.25) is 0 Å². The summed E-state index contributed by atoms with van der Waals surface area (Å²) in [5.41, 5.74) is 11.8. The van der Waals surface area contributed by atoms with Gasteiger partial charge < -0.3 is 47.3 Å². The number of ketones is 1. The minimum Gasteiger partial charge on any atom is -0.394 e. The van der Waals surface area contributed by atoms with E-state index in [-0.39, 0.29) is 18.2 Å². The Bertz CT molecular complexity index is 809. The highest BCUT2D eigenvalue weighted by molar-refractivity contribution is 5.81. The van der Waals surface area contributed by atoms with Crippen molar-refractivity contribution in [1.82, 2.24) is 25.6 Å². The third-order valence-electron chi connectivity index (χ3n) is 6.24. The largest absolute Gasteiger partial charge is 0.394 e. The number of unbranched alkanes of at least 4 members (excludes halogenated alkanes) is 2. The van der Waals surface area contributed by atoms with E-state index in [1.54, 1.807) is 0 Å². The summed E-state index contributed by atoms with van der Waals surface area (Å²) in [4.78, 5) is 24.0. The Morgan fingerprint density at radius 2 is 1.86 bits per heavy atom. The van der Waals surface area contributed by atoms with Gasteiger partial charge in [0.1, 0.15) is 30.2 Å². The van der Waals surface area contributed by atoms with Gasteiger partial charge in [-0.1, -0.05) is 11.6 Å². The normalized spacial score (nSPS) is 25.9. The molecule has 0 saturated carbocycles. The summed E-state index contributed by atoms with van der Waals surface area (Å²) in [6.07, 6.45) is -1.08. The van der Waals surface area contributed by atoms with Gasteiger partial charge in [0.15, 0.2) is 6.23 Å². The molecule has 10 N–H and O–H groups in total. The molecule has 7 atom stereocenters. The van der Waals surface area contributed by atoms with E-state index in [0.717, 1.165) is 19.3 Å². The maximum Gasteiger partial charge on any atom is 0.237 e. The number of nitrogens with one attached hydrogen (secondary N) is 2. The molecule has 14 nitrogen and oxygen atoms in total. The molecule has 0 aliphatic carbocycles. The van der Waals surface area contributed by atoms with E-state index >= 15 is 0 Å². The van der Waals surface area contributed by atoms with Gasteiger partial charge in [0, 0.05) is 13.1 Å². The zero-order valence-corrected chi connectivity index (χ0v) is 20.7. The van der Waals surface area contributed by atoms with E-state index in [0.29, 0.717) is 38.0 Å². The number of nitrogens with two attached hydrogens (primary N) is 2. The highest BCUT2D eigenvalue weighted by Crippen LogP contribution is 2.27. The van der Waals surface area contributed by atoms with Crippen LogP contribution in [-0.4, -0.2) is 103 Å². The van der Waals surface area contributed by atoms with Crippen molar-refractivity contribution in [3.8, 4) is 0 Å². The van der Waals surface area contributed by atoms with Crippen molar-refractivity contribution >= 4 is 11.7 Å². The Labute approximate surface area is 210 Å². The van der Waals surface area contributed by atoms with Crippen LogP contribution in [0.25, 0.3) is 0 Å². The van der Waals surface area contributed by atoms with Crippen LogP contribution < -0.4 is 22.1 Å². The van der Waals surface area contributed by atoms with Crippen LogP contribution in [0.3, 0.4) is 0 Å². The first-order chi connectivity index (χ1) is 17.2. The molecule has 1 amide bonds. The zero-order chi connectivity index (χ0) is 26.7. The van der Waals surface area contributed by atoms with Crippen LogP contribution in [0.5, 0.6) is 0 Å². The molecule has 0 radical (unpaired) electrons. The van der Waals surface area contributed by atoms with Crippen molar-refractivity contribution in [3.63, 3.8) is 0 Å². The van der Waals surface area contributed by atoms with Gasteiger partial charge in [0.2, 0.25) is 5.91 Å². The molecule has 2 rings (SSSR count). The van der Waals surface area contributed by atoms with Gasteiger partial charge in [0.25, 0.3) is 0 Å². The van der Waals surface area contributed by atoms with Crippen LogP contribution >= 0.6 is 0 Å². The van der Waals surface area contributed by atoms with Crippen molar-refractivity contribution in [3.05, 3.63) is 11.9 Å². The summed E-state index contributed by atoms with van der Waals surface area (Å²) in [6, 6.07) is -0.962. The molecule has 3 unspecified atom stereocenters. The molecule has 1 aromatic heterocycles. The van der Waals surface area contributed by atoms with Crippen LogP contribution in [0.4, 0.5) is 0 Å². The summed E-state index contributed by atoms with van der Waals surface area (Å²) in [5.74, 6) is -0.212. The van der Waals surface area contributed by atoms with E-state index in [1.807, 2.05) is 0 Å². The molecule has 1 aliphatic heterocycles. The smallest absolute Gasteiger partial charge is 0.237 e. The molecule has 1 fully saturated rings. The van der Waals surface area contributed by atoms with Crippen molar-refractivity contribution in [2.45, 2.75) is 94.7 Å². The quantitative estimate of drug-likeness (QED) is 0.103. The Hall–Kier alpha value is -2.04. The molecule has 14 heteroatoms. The minimum atomic E-state index is -1.53. The summed E-state index contributed by atoms with van der Waals surface area (Å²) >= 11 is 0. The molecule has 1 aromatic rings. The number of amides is 1. The van der Waals surface area contributed by atoms with Gasteiger partial charge >= 0.3 is 0 Å². The number of aliphatic hydroxyl groups is 4. The maximum atomic E-state index is 12.7. The van der Waals surface area contributed by atoms with E-state index in [4.69, 9.17) is 16.2 Å². The van der Waals surface area contributed by atoms with Crippen molar-refractivity contribution in [2.24, 2.45) is 11.5 Å². The van der Waals surface area contributed by atoms with Crippen LogP contribution in [0.1, 0.15) is 57.4 Å². The van der Waals surface area contributed by atoms with Gasteiger partial charge in [-0.15, -0.1) is 5.10 Å². The lowest BCUT2D eigenvalue weighted by Crippen LogP contribution is -2.56. The van der Waals surface area contributed by atoms with Crippen molar-refractivity contribution < 1.29 is 34.8 Å². The van der Waals surface area contributed by atoms with Crippen molar-refractivity contribution in [1.29, 1.82) is 0 Å². The molecule has 0 bridgehead atoms. The Balaban J connectivity index is 1.90. The fraction of sp³-hybridized carbons (Fsp3) is 0.818. The van der Waals surface area contributed by atoms with E-state index in [9.17, 15) is 30.0 Å². The van der Waals surface area contributed by atoms with E-state index in [2.05, 4.69) is 20.9 Å². The van der Waals surface area contributed by atoms with Gasteiger partial charge in [-0.2, -0.15) is 0 Å². The van der Waals surface area contributed by atoms with E-state index < -0.39 is 49.3 Å². The second-order valence-electron chi connectivity index (χ2n) is 9.13. The van der Waals surface area contributed by atoms with Gasteiger partial charge in [0.05, 0.1) is 30.6 Å². The SMILES string of the molecule is CC(=O)C(N)CCCCNC(=O)C(CCCCN)NCc1cn(C2O[C@@H](CO)[C@@H](O)[C@@H](O)[C@@H]2O)nn1. The fourth-order valence-electron chi connectivity index (χ4n) is 3.89. The number of nitrogens with zero attached hydrogens (tertiary/aromatic N) is 3. The standard InChI is InChI=1S/C22H41N7O7/c1-13(31)15(24)6-3-5-9-25-21(35)16(7-2-4-8-23)26-10-14-11-29(28-27-14)22-20(34)19(33)18(32)17(12-30)36-22/h11,15-20,22,26,30,32-34H,2-10,12,23-24H2,1H3,(H,25,35)/t15?,16?,17-,18+,19+,20-,22?/m0/s1. The first-order valence-corrected chi connectivity index (χ1v) is 12.4. The predicted octanol–water partition coefficient (Wildman–Crippen LogP) is -2.96. The molecular weight excluding hydrogens is 474 g/mol. The number of rotatable bonds is 16. The van der Waals surface area contributed by atoms with Crippen LogP contribution in [0.15, 0.2) is 6.20 Å². The lowest BCUT2D eigenvalue weighted by atomic mass is 9.98. The number of carbonyl (C=O) groups is 2. The minimum absolute atomic E-state index is 0.0494. The Morgan fingerprint density at radius 3 is 2.53 bits per heavy atom. The van der Waals surface area contributed by atoms with Crippen molar-refractivity contribution in [2.75, 3.05) is 19.7 Å². The summed E-state index contributed by atoms with van der Waals surface area (Å²) in [7, 11) is 0. The van der Waals surface area contributed by atoms with Crippen LogP contribution in [0, 0.1) is 0 Å². The van der Waals surface area contributed by atoms with Gasteiger partial charge in [-0.3, -0.25) is 9.59 Å². The molecule has 36 heavy (non-hydrogen) atoms. The first-order valence-electron chi connectivity index (χ1n) is 12.4. The van der Waals surface area contributed by atoms with Gasteiger partial charge in [-0.05, 0) is 45.6 Å². The lowest BCUT2D eigenvalue weighted by Gasteiger charge is -2.39. The number of ether oxygens (including phenoxy) is 1. The molecule has 0 aromatic carbocycles. The van der Waals surface area contributed by atoms with Crippen LogP contribution in [-0.2, 0) is 20.9 Å². The Kier molecular flexibility index (Phi) is 12.8. The zero-order valence-electron chi connectivity index (χ0n) is 20.7. The lowest BCUT2D eigenvalue weighted by molar-refractivity contribution is -0.254. The highest BCUT2D eigenvalue weighted by Gasteiger charge is 2.44. The average molecular weight is 516 g/mol. The number of carbonyl (C=O) groups excluding carboxylic acids is 2. The highest BCUT2D eigenvalue weighted by atomic mass is 16.6. The van der Waals surface area contributed by atoms with E-state index in [1.165, 1.54) is 17.8 Å². The first kappa shape index (κ1) is 30.2. The molecule has 2 heterocycles. The monoisotopic (exact) mass is 515 g/mol. The Morgan fingerprint density at radius 1 is 1.14 bits per heavy atom. The predicted molar refractivity (Wildman–Crippen MR) is 128 cm³/mol. The topological polar surface area (TPSA) is 231 Å². The summed E-state index contributed by atoms with van der Waals surface area (Å²) in [5, 5.41) is 53.6. The molecule has 0 spiro atoms. The summed E-state index contributed by atoms with van der Waals surface area (Å²) in [6.45, 7) is 2.11. The maximum absolute atomic E-state index is 12.7. The second kappa shape index (κ2) is 15.3. The number of aliphatic hydroxyl groups excluding tert-OH is 4. The molecular formula is C22H41N7O7. The van der Waals surface area contributed by atoms with Gasteiger partial charge in [-0.25, -0.2) is 4.68 Å². The average Bonchev–Trinajstić information content (AvgIpc) is 3.33. The summed E-state index contributed by atoms with van der Waals surface area (Å²) < 4.78 is 6.68. The molecule has 1 aliphatic rings. The molecule has 206 valence electrons. The number of Topliss-reactive ketones (excluding diaryl/α,β-unsaturated/α-hetero) is 1. The molecule has 1 saturated heterocycles. The fourth-order valence-corrected chi connectivity index (χ4v) is 3.89. The number of hydrogen-bond donors (Lipinski definition) is 8. The third-order valence-corrected chi connectivity index (χ3v) is 6.24.